The number of phenolic OH excluding ortho intramolecular Hbond substituents is 1. The van der Waals surface area contributed by atoms with Crippen LogP contribution in [0.3, 0.4) is 0 Å². The summed E-state index contributed by atoms with van der Waals surface area (Å²) in [7, 11) is 5.39. The molecule has 156 valence electrons. The van der Waals surface area contributed by atoms with Crippen molar-refractivity contribution >= 4 is 23.5 Å². The van der Waals surface area contributed by atoms with E-state index in [1.54, 1.807) is 18.0 Å². The Kier molecular flexibility index (Phi) is 5.04. The third kappa shape index (κ3) is 3.43. The molecule has 0 saturated carbocycles. The number of rotatable bonds is 2. The molecule has 3 aromatic rings. The second-order valence-electron chi connectivity index (χ2n) is 7.21. The molecule has 2 aromatic carbocycles. The zero-order chi connectivity index (χ0) is 21.4. The summed E-state index contributed by atoms with van der Waals surface area (Å²) in [6.07, 6.45) is 0. The normalized spacial score (nSPS) is 15.6. The number of aromatic hydroxyl groups is 1. The van der Waals surface area contributed by atoms with Crippen LogP contribution in [0, 0.1) is 0 Å². The maximum absolute atomic E-state index is 10.6. The van der Waals surface area contributed by atoms with Crippen LogP contribution in [0.2, 0.25) is 0 Å². The standard InChI is InChI=1S/C21H24N6O3/c1-13-15-10-9-14(11-17(15)29)30-18-8-6-5-7-16(18)27(4)21-23-19(25(2)12-28)22-20(24-21)26(13)3/h5-11,13,28-29H,12H2,1-4H3. The summed E-state index contributed by atoms with van der Waals surface area (Å²) in [5.41, 5.74) is 1.45. The Morgan fingerprint density at radius 3 is 2.53 bits per heavy atom. The first-order valence-corrected chi connectivity index (χ1v) is 9.53. The molecular formula is C21H24N6O3. The molecule has 2 aliphatic heterocycles. The highest BCUT2D eigenvalue weighted by Gasteiger charge is 2.24. The monoisotopic (exact) mass is 408 g/mol. The van der Waals surface area contributed by atoms with Crippen LogP contribution in [0.25, 0.3) is 0 Å². The molecule has 3 heterocycles. The van der Waals surface area contributed by atoms with E-state index in [1.807, 2.05) is 62.3 Å². The number of phenols is 1. The maximum Gasteiger partial charge on any atom is 0.236 e. The number of ether oxygens (including phenoxy) is 1. The zero-order valence-corrected chi connectivity index (χ0v) is 17.3. The molecule has 1 unspecified atom stereocenters. The van der Waals surface area contributed by atoms with Gasteiger partial charge >= 0.3 is 0 Å². The smallest absolute Gasteiger partial charge is 0.236 e. The third-order valence-electron chi connectivity index (χ3n) is 5.26. The van der Waals surface area contributed by atoms with E-state index < -0.39 is 0 Å². The fourth-order valence-corrected chi connectivity index (χ4v) is 3.26. The van der Waals surface area contributed by atoms with E-state index >= 15 is 0 Å². The van der Waals surface area contributed by atoms with Gasteiger partial charge in [0.2, 0.25) is 17.8 Å². The van der Waals surface area contributed by atoms with Gasteiger partial charge in [0.15, 0.2) is 5.75 Å². The highest BCUT2D eigenvalue weighted by atomic mass is 16.5. The lowest BCUT2D eigenvalue weighted by Gasteiger charge is -2.28. The Balaban J connectivity index is 1.97. The van der Waals surface area contributed by atoms with Crippen LogP contribution in [-0.4, -0.2) is 53.0 Å². The van der Waals surface area contributed by atoms with Crippen LogP contribution in [0.15, 0.2) is 42.5 Å². The minimum Gasteiger partial charge on any atom is -0.507 e. The van der Waals surface area contributed by atoms with E-state index in [4.69, 9.17) is 4.74 Å². The molecule has 0 amide bonds. The van der Waals surface area contributed by atoms with Crippen molar-refractivity contribution in [2.24, 2.45) is 0 Å². The highest BCUT2D eigenvalue weighted by Crippen LogP contribution is 2.39. The minimum absolute atomic E-state index is 0.124. The van der Waals surface area contributed by atoms with Crippen molar-refractivity contribution in [3.05, 3.63) is 48.0 Å². The van der Waals surface area contributed by atoms with Crippen LogP contribution in [0.5, 0.6) is 17.2 Å². The van der Waals surface area contributed by atoms with Crippen molar-refractivity contribution in [3.63, 3.8) is 0 Å². The first kappa shape index (κ1) is 19.7. The Bertz CT molecular complexity index is 1080. The van der Waals surface area contributed by atoms with Crippen LogP contribution in [-0.2, 0) is 0 Å². The van der Waals surface area contributed by atoms with Gasteiger partial charge in [0.05, 0.1) is 11.7 Å². The van der Waals surface area contributed by atoms with Gasteiger partial charge in [-0.05, 0) is 31.2 Å². The topological polar surface area (TPSA) is 98.1 Å². The van der Waals surface area contributed by atoms with Gasteiger partial charge in [-0.25, -0.2) is 0 Å². The van der Waals surface area contributed by atoms with E-state index in [-0.39, 0.29) is 18.5 Å². The lowest BCUT2D eigenvalue weighted by atomic mass is 10.1. The molecule has 4 bridgehead atoms. The summed E-state index contributed by atoms with van der Waals surface area (Å²) in [5.74, 6) is 2.38. The largest absolute Gasteiger partial charge is 0.507 e. The van der Waals surface area contributed by atoms with Gasteiger partial charge in [-0.3, -0.25) is 0 Å². The summed E-state index contributed by atoms with van der Waals surface area (Å²) in [5, 5.41) is 20.2. The molecule has 9 heteroatoms. The van der Waals surface area contributed by atoms with Crippen LogP contribution in [0.4, 0.5) is 23.5 Å². The number of aliphatic hydroxyl groups excluding tert-OH is 1. The van der Waals surface area contributed by atoms with Crippen molar-refractivity contribution in [2.45, 2.75) is 13.0 Å². The van der Waals surface area contributed by atoms with Gasteiger partial charge in [-0.2, -0.15) is 15.0 Å². The Hall–Kier alpha value is -3.59. The number of fused-ring (bicyclic) bond motifs is 3. The molecule has 5 rings (SSSR count). The van der Waals surface area contributed by atoms with Crippen LogP contribution >= 0.6 is 0 Å². The molecule has 0 saturated heterocycles. The van der Waals surface area contributed by atoms with E-state index in [2.05, 4.69) is 15.0 Å². The van der Waals surface area contributed by atoms with Crippen molar-refractivity contribution in [1.29, 1.82) is 0 Å². The first-order valence-electron chi connectivity index (χ1n) is 9.53. The van der Waals surface area contributed by atoms with Crippen molar-refractivity contribution in [2.75, 3.05) is 42.6 Å². The Morgan fingerprint density at radius 2 is 1.80 bits per heavy atom. The molecule has 0 spiro atoms. The minimum atomic E-state index is -0.243. The Morgan fingerprint density at radius 1 is 1.07 bits per heavy atom. The molecule has 2 aliphatic rings. The predicted octanol–water partition coefficient (Wildman–Crippen LogP) is 3.03. The van der Waals surface area contributed by atoms with E-state index in [0.717, 1.165) is 5.69 Å². The number of para-hydroxylation sites is 2. The first-order chi connectivity index (χ1) is 14.4. The second-order valence-corrected chi connectivity index (χ2v) is 7.21. The lowest BCUT2D eigenvalue weighted by Crippen LogP contribution is -2.28. The molecule has 0 radical (unpaired) electrons. The second kappa shape index (κ2) is 7.68. The average Bonchev–Trinajstić information content (AvgIpc) is 2.77. The van der Waals surface area contributed by atoms with Gasteiger partial charge in [-0.15, -0.1) is 0 Å². The Labute approximate surface area is 174 Å². The molecule has 9 nitrogen and oxygen atoms in total. The molecule has 2 N–H and O–H groups in total. The van der Waals surface area contributed by atoms with Crippen molar-refractivity contribution in [1.82, 2.24) is 15.0 Å². The number of hydrogen-bond acceptors (Lipinski definition) is 9. The maximum atomic E-state index is 10.6. The van der Waals surface area contributed by atoms with E-state index in [0.29, 0.717) is 34.9 Å². The van der Waals surface area contributed by atoms with E-state index in [1.165, 1.54) is 4.90 Å². The lowest BCUT2D eigenvalue weighted by molar-refractivity contribution is 0.296. The molecule has 1 aromatic heterocycles. The SMILES string of the molecule is CC1c2ccc(cc2O)Oc2ccccc2N(C)c2nc(N(C)CO)nc(n2)N1C. The van der Waals surface area contributed by atoms with Crippen molar-refractivity contribution in [3.8, 4) is 17.2 Å². The molecule has 1 atom stereocenters. The molecule has 0 fully saturated rings. The van der Waals surface area contributed by atoms with Crippen LogP contribution < -0.4 is 19.4 Å². The zero-order valence-electron chi connectivity index (χ0n) is 17.3. The van der Waals surface area contributed by atoms with Gasteiger partial charge in [0, 0.05) is 32.8 Å². The number of anilines is 4. The van der Waals surface area contributed by atoms with Gasteiger partial charge < -0.3 is 29.6 Å². The molecule has 30 heavy (non-hydrogen) atoms. The number of benzene rings is 2. The number of aliphatic hydroxyl groups is 1. The molecular weight excluding hydrogens is 384 g/mol. The van der Waals surface area contributed by atoms with Crippen LogP contribution in [0.1, 0.15) is 18.5 Å². The fraction of sp³-hybridized carbons (Fsp3) is 0.286. The summed E-state index contributed by atoms with van der Waals surface area (Å²) in [4.78, 5) is 18.9. The predicted molar refractivity (Wildman–Crippen MR) is 115 cm³/mol. The summed E-state index contributed by atoms with van der Waals surface area (Å²) >= 11 is 0. The average molecular weight is 408 g/mol. The molecule has 0 aliphatic carbocycles. The quantitative estimate of drug-likeness (QED) is 0.620. The third-order valence-corrected chi connectivity index (χ3v) is 5.26. The summed E-state index contributed by atoms with van der Waals surface area (Å²) in [6, 6.07) is 12.5. The summed E-state index contributed by atoms with van der Waals surface area (Å²) in [6.45, 7) is 1.71. The van der Waals surface area contributed by atoms with Crippen molar-refractivity contribution < 1.29 is 14.9 Å². The van der Waals surface area contributed by atoms with Gasteiger partial charge in [0.25, 0.3) is 0 Å². The highest BCUT2D eigenvalue weighted by molar-refractivity contribution is 5.67. The number of hydrogen-bond donors (Lipinski definition) is 2. The number of aromatic nitrogens is 3. The van der Waals surface area contributed by atoms with Gasteiger partial charge in [-0.1, -0.05) is 12.1 Å². The fourth-order valence-electron chi connectivity index (χ4n) is 3.26. The van der Waals surface area contributed by atoms with E-state index in [9.17, 15) is 10.2 Å². The number of nitrogens with zero attached hydrogens (tertiary/aromatic N) is 6. The van der Waals surface area contributed by atoms with Gasteiger partial charge in [0.1, 0.15) is 18.2 Å². The summed E-state index contributed by atoms with van der Waals surface area (Å²) < 4.78 is 6.07.